The molecule has 0 N–H and O–H groups in total. The van der Waals surface area contributed by atoms with Crippen LogP contribution in [0.25, 0.3) is 0 Å². The van der Waals surface area contributed by atoms with Crippen molar-refractivity contribution in [3.05, 3.63) is 24.3 Å². The van der Waals surface area contributed by atoms with Crippen LogP contribution in [0, 0.1) is 0 Å². The van der Waals surface area contributed by atoms with Crippen LogP contribution in [0.3, 0.4) is 0 Å². The number of hydrogen-bond donors (Lipinski definition) is 0. The molecule has 0 bridgehead atoms. The highest BCUT2D eigenvalue weighted by Crippen LogP contribution is 2.27. The molecule has 4 heteroatoms. The average Bonchev–Trinajstić information content (AvgIpc) is 2.35. The predicted octanol–water partition coefficient (Wildman–Crippen LogP) is 1.94. The van der Waals surface area contributed by atoms with Crippen LogP contribution in [0.1, 0.15) is 13.3 Å². The molecule has 1 amide bonds. The van der Waals surface area contributed by atoms with E-state index in [-0.39, 0.29) is 5.91 Å². The standard InChI is InChI=1S/C13H19NO3/c1-5-10(13(15)14(2)3)17-12-9-7-6-8-11(12)16-4/h6-10H,5H2,1-4H3/t10-/m1/s1. The molecule has 0 spiro atoms. The summed E-state index contributed by atoms with van der Waals surface area (Å²) in [5, 5.41) is 0. The lowest BCUT2D eigenvalue weighted by atomic mass is 10.2. The van der Waals surface area contributed by atoms with Gasteiger partial charge in [0.1, 0.15) is 0 Å². The molecule has 0 unspecified atom stereocenters. The summed E-state index contributed by atoms with van der Waals surface area (Å²) >= 11 is 0. The number of carbonyl (C=O) groups excluding carboxylic acids is 1. The fourth-order valence-corrected chi connectivity index (χ4v) is 1.47. The lowest BCUT2D eigenvalue weighted by Crippen LogP contribution is -2.37. The Labute approximate surface area is 102 Å². The van der Waals surface area contributed by atoms with Crippen molar-refractivity contribution in [3.63, 3.8) is 0 Å². The molecule has 94 valence electrons. The molecule has 0 aliphatic heterocycles. The topological polar surface area (TPSA) is 38.8 Å². The predicted molar refractivity (Wildman–Crippen MR) is 66.4 cm³/mol. The minimum absolute atomic E-state index is 0.0431. The van der Waals surface area contributed by atoms with Gasteiger partial charge in [-0.3, -0.25) is 4.79 Å². The lowest BCUT2D eigenvalue weighted by Gasteiger charge is -2.21. The molecule has 17 heavy (non-hydrogen) atoms. The van der Waals surface area contributed by atoms with E-state index < -0.39 is 6.10 Å². The number of para-hydroxylation sites is 2. The van der Waals surface area contributed by atoms with Crippen molar-refractivity contribution in [1.82, 2.24) is 4.90 Å². The van der Waals surface area contributed by atoms with E-state index in [4.69, 9.17) is 9.47 Å². The van der Waals surface area contributed by atoms with Gasteiger partial charge in [0.2, 0.25) is 0 Å². The van der Waals surface area contributed by atoms with Crippen molar-refractivity contribution >= 4 is 5.91 Å². The van der Waals surface area contributed by atoms with Crippen molar-refractivity contribution in [1.29, 1.82) is 0 Å². The van der Waals surface area contributed by atoms with Gasteiger partial charge in [-0.25, -0.2) is 0 Å². The third-order valence-corrected chi connectivity index (χ3v) is 2.43. The normalized spacial score (nSPS) is 11.8. The maximum Gasteiger partial charge on any atom is 0.263 e. The van der Waals surface area contributed by atoms with Gasteiger partial charge >= 0.3 is 0 Å². The lowest BCUT2D eigenvalue weighted by molar-refractivity contribution is -0.136. The van der Waals surface area contributed by atoms with Gasteiger partial charge in [-0.15, -0.1) is 0 Å². The Hall–Kier alpha value is -1.71. The number of carbonyl (C=O) groups is 1. The molecule has 1 atom stereocenters. The van der Waals surface area contributed by atoms with Crippen LogP contribution in [-0.2, 0) is 4.79 Å². The number of benzene rings is 1. The number of methoxy groups -OCH3 is 1. The molecular formula is C13H19NO3. The van der Waals surface area contributed by atoms with Crippen LogP contribution < -0.4 is 9.47 Å². The molecule has 0 heterocycles. The van der Waals surface area contributed by atoms with Crippen molar-refractivity contribution in [2.24, 2.45) is 0 Å². The molecule has 0 saturated heterocycles. The Morgan fingerprint density at radius 1 is 1.29 bits per heavy atom. The van der Waals surface area contributed by atoms with Crippen molar-refractivity contribution in [3.8, 4) is 11.5 Å². The van der Waals surface area contributed by atoms with Crippen molar-refractivity contribution in [2.75, 3.05) is 21.2 Å². The Bertz CT molecular complexity index is 377. The first-order valence-corrected chi connectivity index (χ1v) is 5.61. The van der Waals surface area contributed by atoms with Gasteiger partial charge in [-0.2, -0.15) is 0 Å². The second-order valence-electron chi connectivity index (χ2n) is 3.90. The molecule has 4 nitrogen and oxygen atoms in total. The molecule has 0 aliphatic rings. The number of ether oxygens (including phenoxy) is 2. The number of likely N-dealkylation sites (N-methyl/N-ethyl adjacent to an activating group) is 1. The van der Waals surface area contributed by atoms with Crippen LogP contribution in [0.15, 0.2) is 24.3 Å². The Balaban J connectivity index is 2.84. The minimum atomic E-state index is -0.471. The Morgan fingerprint density at radius 3 is 2.35 bits per heavy atom. The highest BCUT2D eigenvalue weighted by Gasteiger charge is 2.21. The summed E-state index contributed by atoms with van der Waals surface area (Å²) in [6.45, 7) is 1.92. The summed E-state index contributed by atoms with van der Waals surface area (Å²) in [5.74, 6) is 1.19. The van der Waals surface area contributed by atoms with E-state index in [0.29, 0.717) is 17.9 Å². The fourth-order valence-electron chi connectivity index (χ4n) is 1.47. The van der Waals surface area contributed by atoms with Gasteiger partial charge in [0.05, 0.1) is 7.11 Å². The molecule has 1 aromatic rings. The third-order valence-electron chi connectivity index (χ3n) is 2.43. The van der Waals surface area contributed by atoms with Gasteiger partial charge in [-0.1, -0.05) is 19.1 Å². The van der Waals surface area contributed by atoms with Crippen LogP contribution in [0.4, 0.5) is 0 Å². The van der Waals surface area contributed by atoms with Gasteiger partial charge in [-0.05, 0) is 18.6 Å². The van der Waals surface area contributed by atoms with Crippen molar-refractivity contribution < 1.29 is 14.3 Å². The summed E-state index contributed by atoms with van der Waals surface area (Å²) in [5.41, 5.74) is 0. The maximum absolute atomic E-state index is 11.8. The number of nitrogens with zero attached hydrogens (tertiary/aromatic N) is 1. The Morgan fingerprint density at radius 2 is 1.88 bits per heavy atom. The van der Waals surface area contributed by atoms with Gasteiger partial charge in [0.15, 0.2) is 17.6 Å². The van der Waals surface area contributed by atoms with E-state index in [1.165, 1.54) is 4.90 Å². The molecule has 1 aromatic carbocycles. The van der Waals surface area contributed by atoms with E-state index in [1.54, 1.807) is 27.3 Å². The van der Waals surface area contributed by atoms with E-state index in [9.17, 15) is 4.79 Å². The van der Waals surface area contributed by atoms with E-state index in [1.807, 2.05) is 25.1 Å². The third kappa shape index (κ3) is 3.37. The quantitative estimate of drug-likeness (QED) is 0.785. The Kier molecular flexibility index (Phi) is 4.82. The maximum atomic E-state index is 11.8. The second-order valence-corrected chi connectivity index (χ2v) is 3.90. The molecule has 0 fully saturated rings. The zero-order valence-corrected chi connectivity index (χ0v) is 10.8. The van der Waals surface area contributed by atoms with Crippen LogP contribution in [0.2, 0.25) is 0 Å². The highest BCUT2D eigenvalue weighted by molar-refractivity contribution is 5.80. The molecule has 0 aromatic heterocycles. The fraction of sp³-hybridized carbons (Fsp3) is 0.462. The first kappa shape index (κ1) is 13.4. The molecule has 1 rings (SSSR count). The largest absolute Gasteiger partial charge is 0.493 e. The highest BCUT2D eigenvalue weighted by atomic mass is 16.5. The number of hydrogen-bond acceptors (Lipinski definition) is 3. The van der Waals surface area contributed by atoms with E-state index in [0.717, 1.165) is 0 Å². The van der Waals surface area contributed by atoms with Gasteiger partial charge in [0, 0.05) is 14.1 Å². The molecular weight excluding hydrogens is 218 g/mol. The van der Waals surface area contributed by atoms with Crippen LogP contribution in [-0.4, -0.2) is 38.1 Å². The molecule has 0 saturated carbocycles. The van der Waals surface area contributed by atoms with Crippen molar-refractivity contribution in [2.45, 2.75) is 19.4 Å². The number of amides is 1. The SMILES string of the molecule is CC[C@@H](Oc1ccccc1OC)C(=O)N(C)C. The number of rotatable bonds is 5. The van der Waals surface area contributed by atoms with Crippen LogP contribution in [0.5, 0.6) is 11.5 Å². The van der Waals surface area contributed by atoms with E-state index >= 15 is 0 Å². The summed E-state index contributed by atoms with van der Waals surface area (Å²) in [4.78, 5) is 13.4. The molecule has 0 aliphatic carbocycles. The minimum Gasteiger partial charge on any atom is -0.493 e. The average molecular weight is 237 g/mol. The summed E-state index contributed by atoms with van der Waals surface area (Å²) < 4.78 is 10.9. The molecule has 0 radical (unpaired) electrons. The smallest absolute Gasteiger partial charge is 0.263 e. The van der Waals surface area contributed by atoms with Crippen LogP contribution >= 0.6 is 0 Å². The summed E-state index contributed by atoms with van der Waals surface area (Å²) in [6, 6.07) is 7.32. The van der Waals surface area contributed by atoms with Gasteiger partial charge < -0.3 is 14.4 Å². The monoisotopic (exact) mass is 237 g/mol. The summed E-state index contributed by atoms with van der Waals surface area (Å²) in [6.07, 6.45) is 0.149. The zero-order chi connectivity index (χ0) is 12.8. The van der Waals surface area contributed by atoms with E-state index in [2.05, 4.69) is 0 Å². The first-order chi connectivity index (χ1) is 8.10. The summed E-state index contributed by atoms with van der Waals surface area (Å²) in [7, 11) is 5.02. The first-order valence-electron chi connectivity index (χ1n) is 5.61. The zero-order valence-electron chi connectivity index (χ0n) is 10.8. The van der Waals surface area contributed by atoms with Gasteiger partial charge in [0.25, 0.3) is 5.91 Å². The second kappa shape index (κ2) is 6.13.